The number of H-pyrrole nitrogens is 1. The second-order valence-corrected chi connectivity index (χ2v) is 4.31. The van der Waals surface area contributed by atoms with E-state index >= 15 is 0 Å². The van der Waals surface area contributed by atoms with Crippen LogP contribution in [0.25, 0.3) is 10.9 Å². The average Bonchev–Trinajstić information content (AvgIpc) is 2.80. The third-order valence-electron chi connectivity index (χ3n) is 3.01. The topological polar surface area (TPSA) is 79.4 Å². The summed E-state index contributed by atoms with van der Waals surface area (Å²) in [6.07, 6.45) is 0. The number of ether oxygens (including phenoxy) is 1. The molecule has 1 unspecified atom stereocenters. The fourth-order valence-electron chi connectivity index (χ4n) is 1.88. The maximum Gasteiger partial charge on any atom is 0.354 e. The van der Waals surface area contributed by atoms with E-state index in [9.17, 15) is 9.59 Å². The van der Waals surface area contributed by atoms with E-state index in [2.05, 4.69) is 4.98 Å². The first-order chi connectivity index (χ1) is 9.02. The lowest BCUT2D eigenvalue weighted by Gasteiger charge is -2.05. The van der Waals surface area contributed by atoms with Gasteiger partial charge in [-0.05, 0) is 37.6 Å². The van der Waals surface area contributed by atoms with Crippen LogP contribution < -0.4 is 0 Å². The largest absolute Gasteiger partial charge is 0.481 e. The van der Waals surface area contributed by atoms with Gasteiger partial charge in [0.2, 0.25) is 0 Å². The van der Waals surface area contributed by atoms with Crippen LogP contribution in [0.1, 0.15) is 35.8 Å². The van der Waals surface area contributed by atoms with Crippen molar-refractivity contribution in [3.8, 4) is 0 Å². The highest BCUT2D eigenvalue weighted by Gasteiger charge is 2.15. The molecule has 19 heavy (non-hydrogen) atoms. The van der Waals surface area contributed by atoms with Crippen LogP contribution in [0.15, 0.2) is 24.3 Å². The van der Waals surface area contributed by atoms with Gasteiger partial charge < -0.3 is 14.8 Å². The number of esters is 1. The molecule has 1 atom stereocenters. The fourth-order valence-corrected chi connectivity index (χ4v) is 1.88. The third-order valence-corrected chi connectivity index (χ3v) is 3.01. The van der Waals surface area contributed by atoms with Crippen molar-refractivity contribution < 1.29 is 19.4 Å². The number of fused-ring (bicyclic) bond motifs is 1. The summed E-state index contributed by atoms with van der Waals surface area (Å²) in [6.45, 7) is 3.69. The molecule has 0 aliphatic rings. The summed E-state index contributed by atoms with van der Waals surface area (Å²) in [7, 11) is 0. The molecule has 2 rings (SSSR count). The Hall–Kier alpha value is -2.30. The summed E-state index contributed by atoms with van der Waals surface area (Å²) in [5.74, 6) is -1.86. The van der Waals surface area contributed by atoms with E-state index in [1.807, 2.05) is 0 Å². The van der Waals surface area contributed by atoms with Crippen LogP contribution in [0.3, 0.4) is 0 Å². The summed E-state index contributed by atoms with van der Waals surface area (Å²) in [4.78, 5) is 25.5. The zero-order valence-electron chi connectivity index (χ0n) is 10.8. The fraction of sp³-hybridized carbons (Fsp3) is 0.286. The number of aromatic amines is 1. The van der Waals surface area contributed by atoms with Crippen LogP contribution in [0.2, 0.25) is 0 Å². The molecular weight excluding hydrogens is 246 g/mol. The molecule has 100 valence electrons. The lowest BCUT2D eigenvalue weighted by molar-refractivity contribution is -0.138. The number of aromatic nitrogens is 1. The highest BCUT2D eigenvalue weighted by molar-refractivity contribution is 5.95. The molecule has 0 fully saturated rings. The summed E-state index contributed by atoms with van der Waals surface area (Å²) >= 11 is 0. The number of carboxylic acids is 1. The maximum atomic E-state index is 11.6. The van der Waals surface area contributed by atoms with Gasteiger partial charge in [0.1, 0.15) is 5.69 Å². The normalized spacial score (nSPS) is 12.3. The van der Waals surface area contributed by atoms with Gasteiger partial charge >= 0.3 is 11.9 Å². The molecular formula is C14H15NO4. The zero-order chi connectivity index (χ0) is 14.0. The van der Waals surface area contributed by atoms with E-state index in [0.717, 1.165) is 10.9 Å². The summed E-state index contributed by atoms with van der Waals surface area (Å²) in [6, 6.07) is 6.96. The van der Waals surface area contributed by atoms with Gasteiger partial charge in [0.25, 0.3) is 0 Å². The van der Waals surface area contributed by atoms with Crippen molar-refractivity contribution in [2.24, 2.45) is 0 Å². The number of hydrogen-bond acceptors (Lipinski definition) is 3. The second-order valence-electron chi connectivity index (χ2n) is 4.31. The van der Waals surface area contributed by atoms with Crippen molar-refractivity contribution in [3.05, 3.63) is 35.5 Å². The standard InChI is InChI=1S/C14H15NO4/c1-3-19-14(18)12-7-10-6-9(8(2)13(16)17)4-5-11(10)15-12/h4-8,15H,3H2,1-2H3,(H,16,17). The Kier molecular flexibility index (Phi) is 3.55. The van der Waals surface area contributed by atoms with Gasteiger partial charge in [0.15, 0.2) is 0 Å². The van der Waals surface area contributed by atoms with Crippen molar-refractivity contribution >= 4 is 22.8 Å². The van der Waals surface area contributed by atoms with Crippen molar-refractivity contribution in [2.45, 2.75) is 19.8 Å². The predicted octanol–water partition coefficient (Wildman–Crippen LogP) is 2.53. The molecule has 0 bridgehead atoms. The molecule has 0 aliphatic heterocycles. The van der Waals surface area contributed by atoms with Crippen LogP contribution in [-0.4, -0.2) is 28.6 Å². The number of rotatable bonds is 4. The third kappa shape index (κ3) is 2.59. The minimum Gasteiger partial charge on any atom is -0.481 e. The van der Waals surface area contributed by atoms with E-state index in [-0.39, 0.29) is 0 Å². The molecule has 1 aromatic heterocycles. The Balaban J connectivity index is 2.38. The van der Waals surface area contributed by atoms with Crippen LogP contribution in [0, 0.1) is 0 Å². The van der Waals surface area contributed by atoms with Gasteiger partial charge in [-0.2, -0.15) is 0 Å². The van der Waals surface area contributed by atoms with Crippen LogP contribution in [0.5, 0.6) is 0 Å². The zero-order valence-corrected chi connectivity index (χ0v) is 10.8. The number of benzene rings is 1. The van der Waals surface area contributed by atoms with Crippen molar-refractivity contribution in [1.82, 2.24) is 4.98 Å². The van der Waals surface area contributed by atoms with Crippen molar-refractivity contribution in [2.75, 3.05) is 6.61 Å². The molecule has 0 saturated carbocycles. The molecule has 0 spiro atoms. The van der Waals surface area contributed by atoms with E-state index in [0.29, 0.717) is 17.9 Å². The first-order valence-electron chi connectivity index (χ1n) is 6.05. The Morgan fingerprint density at radius 1 is 1.37 bits per heavy atom. The highest BCUT2D eigenvalue weighted by Crippen LogP contribution is 2.22. The molecule has 5 heteroatoms. The monoisotopic (exact) mass is 261 g/mol. The molecule has 2 N–H and O–H groups in total. The Morgan fingerprint density at radius 3 is 2.74 bits per heavy atom. The minimum absolute atomic E-state index is 0.315. The van der Waals surface area contributed by atoms with Crippen LogP contribution >= 0.6 is 0 Å². The Bertz CT molecular complexity index is 629. The molecule has 0 aliphatic carbocycles. The maximum absolute atomic E-state index is 11.6. The summed E-state index contributed by atoms with van der Waals surface area (Å²) in [5, 5.41) is 9.79. The first kappa shape index (κ1) is 13.1. The Morgan fingerprint density at radius 2 is 2.11 bits per heavy atom. The lowest BCUT2D eigenvalue weighted by Crippen LogP contribution is -2.06. The van der Waals surface area contributed by atoms with Gasteiger partial charge in [-0.15, -0.1) is 0 Å². The molecule has 1 aromatic carbocycles. The van der Waals surface area contributed by atoms with Gasteiger partial charge in [-0.25, -0.2) is 4.79 Å². The predicted molar refractivity (Wildman–Crippen MR) is 70.3 cm³/mol. The van der Waals surface area contributed by atoms with E-state index in [4.69, 9.17) is 9.84 Å². The number of carbonyl (C=O) groups excluding carboxylic acids is 1. The van der Waals surface area contributed by atoms with Crippen LogP contribution in [-0.2, 0) is 9.53 Å². The van der Waals surface area contributed by atoms with E-state index in [1.165, 1.54) is 0 Å². The highest BCUT2D eigenvalue weighted by atomic mass is 16.5. The van der Waals surface area contributed by atoms with Crippen molar-refractivity contribution in [3.63, 3.8) is 0 Å². The van der Waals surface area contributed by atoms with Crippen LogP contribution in [0.4, 0.5) is 0 Å². The number of hydrogen-bond donors (Lipinski definition) is 2. The summed E-state index contributed by atoms with van der Waals surface area (Å²) in [5.41, 5.74) is 1.86. The second kappa shape index (κ2) is 5.14. The minimum atomic E-state index is -0.875. The van der Waals surface area contributed by atoms with Gasteiger partial charge in [-0.1, -0.05) is 6.07 Å². The average molecular weight is 261 g/mol. The molecule has 5 nitrogen and oxygen atoms in total. The SMILES string of the molecule is CCOC(=O)c1cc2cc(C(C)C(=O)O)ccc2[nH]1. The number of carbonyl (C=O) groups is 2. The number of nitrogens with one attached hydrogen (secondary N) is 1. The molecule has 0 amide bonds. The van der Waals surface area contributed by atoms with Gasteiger partial charge in [-0.3, -0.25) is 4.79 Å². The molecule has 0 saturated heterocycles. The quantitative estimate of drug-likeness (QED) is 0.829. The lowest BCUT2D eigenvalue weighted by atomic mass is 10.0. The molecule has 1 heterocycles. The van der Waals surface area contributed by atoms with E-state index in [1.54, 1.807) is 38.1 Å². The smallest absolute Gasteiger partial charge is 0.354 e. The molecule has 2 aromatic rings. The summed E-state index contributed by atoms with van der Waals surface area (Å²) < 4.78 is 4.91. The number of carboxylic acid groups (broad SMARTS) is 1. The molecule has 0 radical (unpaired) electrons. The van der Waals surface area contributed by atoms with Gasteiger partial charge in [0, 0.05) is 10.9 Å². The Labute approximate surface area is 110 Å². The van der Waals surface area contributed by atoms with E-state index < -0.39 is 17.9 Å². The van der Waals surface area contributed by atoms with Crippen molar-refractivity contribution in [1.29, 1.82) is 0 Å². The number of aliphatic carboxylic acids is 1. The van der Waals surface area contributed by atoms with Gasteiger partial charge in [0.05, 0.1) is 12.5 Å². The first-order valence-corrected chi connectivity index (χ1v) is 6.05.